The van der Waals surface area contributed by atoms with Crippen LogP contribution in [0, 0.1) is 16.1 Å². The number of halogens is 3. The van der Waals surface area contributed by atoms with Crippen LogP contribution in [-0.4, -0.2) is 0 Å². The van der Waals surface area contributed by atoms with E-state index in [1.165, 1.54) is 10.7 Å². The zero-order chi connectivity index (χ0) is 20.0. The first-order valence-corrected chi connectivity index (χ1v) is 13.8. The zero-order valence-corrected chi connectivity index (χ0v) is 21.2. The molecule has 0 bridgehead atoms. The number of hydrogen-bond donors (Lipinski definition) is 0. The van der Waals surface area contributed by atoms with Gasteiger partial charge in [0, 0.05) is 10.4 Å². The fourth-order valence-electron chi connectivity index (χ4n) is 2.25. The van der Waals surface area contributed by atoms with Crippen LogP contribution in [-0.2, 0) is 0 Å². The van der Waals surface area contributed by atoms with Crippen LogP contribution in [0.4, 0.5) is 0 Å². The third-order valence-electron chi connectivity index (χ3n) is 3.82. The summed E-state index contributed by atoms with van der Waals surface area (Å²) >= 11 is 5.62. The molecule has 0 spiro atoms. The molecule has 0 atom stereocenters. The Morgan fingerprint density at radius 2 is 1.36 bits per heavy atom. The molecule has 0 radical (unpaired) electrons. The first-order valence-electron chi connectivity index (χ1n) is 8.97. The van der Waals surface area contributed by atoms with Crippen molar-refractivity contribution in [3.8, 4) is 5.75 Å². The first kappa shape index (κ1) is 21.7. The summed E-state index contributed by atoms with van der Waals surface area (Å²) in [5.41, 5.74) is -0.0436. The maximum atomic E-state index is 6.19. The molecular weight excluding hydrogens is 594 g/mol. The van der Waals surface area contributed by atoms with Gasteiger partial charge in [-0.25, -0.2) is 0 Å². The van der Waals surface area contributed by atoms with E-state index >= 15 is 0 Å². The van der Waals surface area contributed by atoms with E-state index in [9.17, 15) is 0 Å². The Bertz CT molecular complexity index is 912. The van der Waals surface area contributed by atoms with E-state index in [2.05, 4.69) is 79.5 Å². The normalized spacial score (nSPS) is 12.1. The van der Waals surface area contributed by atoms with Crippen LogP contribution in [0.2, 0.25) is 5.02 Å². The Kier molecular flexibility index (Phi) is 7.83. The summed E-state index contributed by atoms with van der Waals surface area (Å²) in [6.07, 6.45) is 0. The highest BCUT2D eigenvalue weighted by atomic mass is 127. The van der Waals surface area contributed by atoms with Crippen LogP contribution in [0.3, 0.4) is 0 Å². The highest BCUT2D eigenvalue weighted by Gasteiger charge is 2.25. The van der Waals surface area contributed by atoms with Crippen LogP contribution in [0.5, 0.6) is 5.75 Å². The van der Waals surface area contributed by atoms with Crippen LogP contribution in [0.15, 0.2) is 88.7 Å². The summed E-state index contributed by atoms with van der Waals surface area (Å²) in [5.74, 6) is 1.85. The van der Waals surface area contributed by atoms with Crippen LogP contribution in [0.1, 0.15) is 20.8 Å². The summed E-state index contributed by atoms with van der Waals surface area (Å²) in [4.78, 5) is 0. The molecule has 0 aliphatic rings. The fraction of sp³-hybridized carbons (Fsp3) is 0.167. The van der Waals surface area contributed by atoms with E-state index in [0.29, 0.717) is 0 Å². The Morgan fingerprint density at radius 1 is 0.786 bits per heavy atom. The topological polar surface area (TPSA) is 9.23 Å². The van der Waals surface area contributed by atoms with E-state index < -0.39 is 0 Å². The van der Waals surface area contributed by atoms with Gasteiger partial charge in [-0.2, -0.15) is 0 Å². The quantitative estimate of drug-likeness (QED) is 0.293. The molecule has 0 saturated heterocycles. The maximum Gasteiger partial charge on any atom is 0.357 e. The van der Waals surface area contributed by atoms with Crippen molar-refractivity contribution in [3.05, 3.63) is 104 Å². The average molecular weight is 617 g/mol. The summed E-state index contributed by atoms with van der Waals surface area (Å²) in [6, 6.07) is 27.5. The van der Waals surface area contributed by atoms with Gasteiger partial charge in [0.1, 0.15) is 5.75 Å². The summed E-state index contributed by atoms with van der Waals surface area (Å²) < 4.78 is 12.8. The highest BCUT2D eigenvalue weighted by Crippen LogP contribution is 2.27. The molecule has 3 aromatic rings. The molecule has 144 valence electrons. The third-order valence-corrected chi connectivity index (χ3v) is 9.07. The van der Waals surface area contributed by atoms with E-state index in [0.717, 1.165) is 16.5 Å². The molecule has 4 heteroatoms. The Labute approximate surface area is 193 Å². The summed E-state index contributed by atoms with van der Waals surface area (Å²) in [6.45, 7) is 6.56. The van der Waals surface area contributed by atoms with Crippen LogP contribution >= 0.6 is 11.6 Å². The minimum Gasteiger partial charge on any atom is -0.457 e. The standard InChI is InChI=1S/C24H23ClI2O/c1-24(2,3)23(28-22-15-9-18(25)10-16-22)17-26-19-11-13-21(14-12-19)27-20-7-5-4-6-8-20/h4-17H,1-3H3/q+2/b23-17+. The van der Waals surface area contributed by atoms with Gasteiger partial charge in [-0.15, -0.1) is 0 Å². The maximum absolute atomic E-state index is 6.19. The van der Waals surface area contributed by atoms with Gasteiger partial charge >= 0.3 is 42.4 Å². The van der Waals surface area contributed by atoms with Crippen molar-refractivity contribution in [2.45, 2.75) is 20.8 Å². The van der Waals surface area contributed by atoms with Crippen LogP contribution < -0.4 is 47.1 Å². The first-order chi connectivity index (χ1) is 13.4. The second-order valence-corrected chi connectivity index (χ2v) is 13.2. The molecule has 0 unspecified atom stereocenters. The lowest BCUT2D eigenvalue weighted by atomic mass is 9.95. The molecule has 0 aliphatic heterocycles. The predicted molar refractivity (Wildman–Crippen MR) is 109 cm³/mol. The van der Waals surface area contributed by atoms with E-state index in [4.69, 9.17) is 16.3 Å². The molecule has 0 N–H and O–H groups in total. The van der Waals surface area contributed by atoms with Gasteiger partial charge in [0.25, 0.3) is 0 Å². The van der Waals surface area contributed by atoms with Crippen molar-refractivity contribution in [1.29, 1.82) is 0 Å². The molecule has 28 heavy (non-hydrogen) atoms. The van der Waals surface area contributed by atoms with Crippen molar-refractivity contribution in [1.82, 2.24) is 0 Å². The molecular formula is C24H23ClI2O+2. The monoisotopic (exact) mass is 616 g/mol. The van der Waals surface area contributed by atoms with Crippen LogP contribution in [0.25, 0.3) is 0 Å². The van der Waals surface area contributed by atoms with Gasteiger partial charge in [-0.3, -0.25) is 0 Å². The third kappa shape index (κ3) is 6.78. The van der Waals surface area contributed by atoms with E-state index in [-0.39, 0.29) is 47.8 Å². The predicted octanol–water partition coefficient (Wildman–Crippen LogP) is 0.694. The van der Waals surface area contributed by atoms with E-state index in [1.54, 1.807) is 0 Å². The molecule has 0 saturated carbocycles. The Morgan fingerprint density at radius 3 is 1.96 bits per heavy atom. The van der Waals surface area contributed by atoms with Gasteiger partial charge in [0.05, 0.1) is 0 Å². The van der Waals surface area contributed by atoms with Gasteiger partial charge < -0.3 is 4.74 Å². The van der Waals surface area contributed by atoms with E-state index in [1.807, 2.05) is 24.3 Å². The molecule has 0 aromatic heterocycles. The molecule has 1 nitrogen and oxygen atoms in total. The van der Waals surface area contributed by atoms with Gasteiger partial charge in [0.2, 0.25) is 0 Å². The molecule has 0 fully saturated rings. The lowest BCUT2D eigenvalue weighted by molar-refractivity contribution is -0.598. The van der Waals surface area contributed by atoms with Gasteiger partial charge in [-0.05, 0) is 60.7 Å². The van der Waals surface area contributed by atoms with Crippen molar-refractivity contribution in [2.24, 2.45) is 5.41 Å². The zero-order valence-electron chi connectivity index (χ0n) is 16.1. The van der Waals surface area contributed by atoms with Crippen molar-refractivity contribution in [2.75, 3.05) is 0 Å². The minimum atomic E-state index is -0.258. The molecule has 3 aromatic carbocycles. The Balaban J connectivity index is 1.69. The van der Waals surface area contributed by atoms with Gasteiger partial charge in [-0.1, -0.05) is 50.6 Å². The Hall–Kier alpha value is -1.05. The second kappa shape index (κ2) is 10.1. The smallest absolute Gasteiger partial charge is 0.357 e. The lowest BCUT2D eigenvalue weighted by Gasteiger charge is -2.21. The van der Waals surface area contributed by atoms with Crippen molar-refractivity contribution >= 4 is 11.6 Å². The largest absolute Gasteiger partial charge is 0.457 e. The summed E-state index contributed by atoms with van der Waals surface area (Å²) in [7, 11) is 0. The van der Waals surface area contributed by atoms with Crippen molar-refractivity contribution < 1.29 is 47.1 Å². The number of ether oxygens (including phenoxy) is 1. The molecule has 3 rings (SSSR count). The fourth-order valence-corrected chi connectivity index (χ4v) is 7.07. The lowest BCUT2D eigenvalue weighted by Crippen LogP contribution is -3.61. The van der Waals surface area contributed by atoms with Crippen molar-refractivity contribution in [3.63, 3.8) is 0 Å². The summed E-state index contributed by atoms with van der Waals surface area (Å²) in [5, 5.41) is 0.722. The number of rotatable bonds is 6. The molecule has 0 aliphatic carbocycles. The second-order valence-electron chi connectivity index (χ2n) is 7.21. The minimum absolute atomic E-state index is 0.0436. The molecule has 0 heterocycles. The average Bonchev–Trinajstić information content (AvgIpc) is 2.68. The van der Waals surface area contributed by atoms with Gasteiger partial charge in [0.15, 0.2) is 20.6 Å². The number of benzene rings is 3. The highest BCUT2D eigenvalue weighted by molar-refractivity contribution is 6.30. The molecule has 0 amide bonds. The number of hydrogen-bond acceptors (Lipinski definition) is 1. The SMILES string of the molecule is CC(C)(C)/C(=C\[I+]c1ccc([I+]c2ccccc2)cc1)Oc1ccc(Cl)cc1. The number of allylic oxidation sites excluding steroid dienone is 1.